The Morgan fingerprint density at radius 3 is 1.90 bits per heavy atom. The molecular weight excluding hydrogens is 510 g/mol. The second kappa shape index (κ2) is 19.0. The number of aromatic hydroxyl groups is 1. The van der Waals surface area contributed by atoms with Crippen molar-refractivity contribution in [2.75, 3.05) is 12.3 Å². The van der Waals surface area contributed by atoms with Gasteiger partial charge in [-0.1, -0.05) is 122 Å². The highest BCUT2D eigenvalue weighted by Gasteiger charge is 2.25. The number of phenols is 1. The average molecular weight is 562 g/mol. The summed E-state index contributed by atoms with van der Waals surface area (Å²) in [5, 5.41) is 25.0. The lowest BCUT2D eigenvalue weighted by Crippen LogP contribution is -2.34. The Labute approximate surface area is 238 Å². The number of phenolic OH excluding ortho intramolecular Hbond substituents is 1. The third-order valence-corrected chi connectivity index (χ3v) is 8.80. The van der Waals surface area contributed by atoms with Gasteiger partial charge in [0.05, 0.1) is 16.4 Å². The molecule has 0 spiro atoms. The molecule has 3 unspecified atom stereocenters. The van der Waals surface area contributed by atoms with E-state index in [0.717, 1.165) is 12.8 Å². The molecule has 0 saturated heterocycles. The van der Waals surface area contributed by atoms with Gasteiger partial charge in [0.25, 0.3) is 5.91 Å². The molecule has 0 aliphatic heterocycles. The lowest BCUT2D eigenvalue weighted by atomic mass is 10.0. The zero-order valence-corrected chi connectivity index (χ0v) is 25.2. The molecule has 2 aromatic carbocycles. The van der Waals surface area contributed by atoms with Gasteiger partial charge >= 0.3 is 0 Å². The molecule has 6 nitrogen and oxygen atoms in total. The van der Waals surface area contributed by atoms with Crippen molar-refractivity contribution in [3.63, 3.8) is 0 Å². The molecule has 0 aliphatic carbocycles. The van der Waals surface area contributed by atoms with Gasteiger partial charge < -0.3 is 20.3 Å². The number of ether oxygens (including phenoxy) is 1. The molecule has 2 rings (SSSR count). The van der Waals surface area contributed by atoms with Gasteiger partial charge in [-0.25, -0.2) is 0 Å². The van der Waals surface area contributed by atoms with Crippen molar-refractivity contribution in [3.05, 3.63) is 35.9 Å². The van der Waals surface area contributed by atoms with E-state index < -0.39 is 22.3 Å². The third-order valence-electron chi connectivity index (χ3n) is 7.22. The number of carbonyl (C=O) groups is 1. The first kappa shape index (κ1) is 33.1. The normalized spacial score (nSPS) is 13.7. The molecule has 3 N–H and O–H groups in total. The van der Waals surface area contributed by atoms with E-state index in [1.807, 2.05) is 0 Å². The minimum Gasteiger partial charge on any atom is -0.506 e. The van der Waals surface area contributed by atoms with Gasteiger partial charge in [0, 0.05) is 23.1 Å². The van der Waals surface area contributed by atoms with Crippen LogP contribution in [0.1, 0.15) is 121 Å². The van der Waals surface area contributed by atoms with Crippen molar-refractivity contribution in [2.24, 2.45) is 0 Å². The van der Waals surface area contributed by atoms with Crippen molar-refractivity contribution in [3.8, 4) is 11.5 Å². The highest BCUT2D eigenvalue weighted by Crippen LogP contribution is 2.37. The first-order valence-electron chi connectivity index (χ1n) is 15.1. The number of rotatable bonds is 21. The molecular formula is C32H51NO5S. The molecule has 7 heteroatoms. The van der Waals surface area contributed by atoms with Crippen LogP contribution in [0.2, 0.25) is 0 Å². The number of unbranched alkanes of at least 4 members (excludes halogenated alkanes) is 13. The second-order valence-corrected chi connectivity index (χ2v) is 12.4. The second-order valence-electron chi connectivity index (χ2n) is 10.6. The van der Waals surface area contributed by atoms with Crippen molar-refractivity contribution < 1.29 is 24.0 Å². The molecule has 0 aromatic heterocycles. The van der Waals surface area contributed by atoms with E-state index in [9.17, 15) is 19.2 Å². The summed E-state index contributed by atoms with van der Waals surface area (Å²) in [5.74, 6) is 0.167. The Morgan fingerprint density at radius 2 is 1.38 bits per heavy atom. The molecule has 0 saturated carbocycles. The van der Waals surface area contributed by atoms with Crippen molar-refractivity contribution in [1.82, 2.24) is 5.32 Å². The van der Waals surface area contributed by atoms with E-state index in [1.165, 1.54) is 90.0 Å². The van der Waals surface area contributed by atoms with Crippen molar-refractivity contribution >= 4 is 27.5 Å². The maximum Gasteiger partial charge on any atom is 0.255 e. The van der Waals surface area contributed by atoms with E-state index in [0.29, 0.717) is 28.8 Å². The van der Waals surface area contributed by atoms with E-state index in [1.54, 1.807) is 31.2 Å². The SMILES string of the molecule is CCCCCCCCCCCCCCCCNC(=O)c1cc(OC(C(C)O)S(=O)CC)c2ccccc2c1O. The fourth-order valence-electron chi connectivity index (χ4n) is 4.88. The van der Waals surface area contributed by atoms with Gasteiger partial charge in [-0.2, -0.15) is 0 Å². The molecule has 220 valence electrons. The van der Waals surface area contributed by atoms with Gasteiger partial charge in [0.2, 0.25) is 0 Å². The molecule has 1 amide bonds. The minimum atomic E-state index is -1.41. The molecule has 0 radical (unpaired) electrons. The number of benzene rings is 2. The van der Waals surface area contributed by atoms with Gasteiger partial charge in [-0.15, -0.1) is 0 Å². The van der Waals surface area contributed by atoms with Crippen LogP contribution in [0, 0.1) is 0 Å². The number of carbonyl (C=O) groups excluding carboxylic acids is 1. The Bertz CT molecular complexity index is 1010. The molecule has 0 bridgehead atoms. The number of fused-ring (bicyclic) bond motifs is 1. The van der Waals surface area contributed by atoms with Crippen LogP contribution in [0.3, 0.4) is 0 Å². The number of aliphatic hydroxyl groups excluding tert-OH is 1. The lowest BCUT2D eigenvalue weighted by molar-refractivity contribution is 0.0946. The van der Waals surface area contributed by atoms with Crippen LogP contribution in [0.5, 0.6) is 11.5 Å². The van der Waals surface area contributed by atoms with Crippen LogP contribution in [0.4, 0.5) is 0 Å². The Morgan fingerprint density at radius 1 is 0.872 bits per heavy atom. The van der Waals surface area contributed by atoms with E-state index in [-0.39, 0.29) is 17.2 Å². The summed E-state index contributed by atoms with van der Waals surface area (Å²) in [4.78, 5) is 13.0. The van der Waals surface area contributed by atoms with Crippen molar-refractivity contribution in [2.45, 2.75) is 122 Å². The monoisotopic (exact) mass is 561 g/mol. The first-order chi connectivity index (χ1) is 18.9. The third kappa shape index (κ3) is 11.5. The minimum absolute atomic E-state index is 0.110. The quantitative estimate of drug-likeness (QED) is 0.136. The molecule has 39 heavy (non-hydrogen) atoms. The van der Waals surface area contributed by atoms with Crippen LogP contribution >= 0.6 is 0 Å². The van der Waals surface area contributed by atoms with Crippen LogP contribution in [-0.2, 0) is 10.8 Å². The largest absolute Gasteiger partial charge is 0.506 e. The summed E-state index contributed by atoms with van der Waals surface area (Å²) in [7, 11) is -1.41. The fraction of sp³-hybridized carbons (Fsp3) is 0.656. The number of hydrogen-bond acceptors (Lipinski definition) is 5. The Kier molecular flexibility index (Phi) is 16.2. The van der Waals surface area contributed by atoms with Gasteiger partial charge in [-0.3, -0.25) is 9.00 Å². The zero-order chi connectivity index (χ0) is 28.5. The van der Waals surface area contributed by atoms with E-state index in [4.69, 9.17) is 4.74 Å². The van der Waals surface area contributed by atoms with Crippen LogP contribution < -0.4 is 10.1 Å². The van der Waals surface area contributed by atoms with Gasteiger partial charge in [0.15, 0.2) is 5.44 Å². The fourth-order valence-corrected chi connectivity index (χ4v) is 5.85. The summed E-state index contributed by atoms with van der Waals surface area (Å²) < 4.78 is 18.4. The highest BCUT2D eigenvalue weighted by molar-refractivity contribution is 7.85. The van der Waals surface area contributed by atoms with Crippen LogP contribution in [-0.4, -0.2) is 44.2 Å². The number of aliphatic hydroxyl groups is 1. The average Bonchev–Trinajstić information content (AvgIpc) is 2.94. The summed E-state index contributed by atoms with van der Waals surface area (Å²) in [6, 6.07) is 8.56. The predicted octanol–water partition coefficient (Wildman–Crippen LogP) is 7.61. The topological polar surface area (TPSA) is 95.9 Å². The Hall–Kier alpha value is -2.12. The summed E-state index contributed by atoms with van der Waals surface area (Å²) >= 11 is 0. The maximum atomic E-state index is 13.0. The molecule has 2 aromatic rings. The van der Waals surface area contributed by atoms with Crippen LogP contribution in [0.15, 0.2) is 30.3 Å². The summed E-state index contributed by atoms with van der Waals surface area (Å²) in [6.45, 7) is 6.09. The van der Waals surface area contributed by atoms with E-state index in [2.05, 4.69) is 12.2 Å². The summed E-state index contributed by atoms with van der Waals surface area (Å²) in [5.41, 5.74) is -0.824. The van der Waals surface area contributed by atoms with Gasteiger partial charge in [-0.05, 0) is 19.4 Å². The van der Waals surface area contributed by atoms with E-state index >= 15 is 0 Å². The number of amides is 1. The number of nitrogens with one attached hydrogen (secondary N) is 1. The van der Waals surface area contributed by atoms with Crippen molar-refractivity contribution in [1.29, 1.82) is 0 Å². The molecule has 0 heterocycles. The van der Waals surface area contributed by atoms with Crippen LogP contribution in [0.25, 0.3) is 10.8 Å². The molecule has 0 aliphatic rings. The standard InChI is InChI=1S/C32H51NO5S/c1-4-6-7-8-9-10-11-12-13-14-15-16-17-20-23-33-31(36)28-24-29(38-32(25(3)34)39(37)5-2)26-21-18-19-22-27(26)30(28)35/h18-19,21-22,24-25,32,34-35H,4-17,20,23H2,1-3H3,(H,33,36). The predicted molar refractivity (Wildman–Crippen MR) is 163 cm³/mol. The molecule has 3 atom stereocenters. The Balaban J connectivity index is 1.78. The lowest BCUT2D eigenvalue weighted by Gasteiger charge is -2.22. The molecule has 0 fully saturated rings. The summed E-state index contributed by atoms with van der Waals surface area (Å²) in [6.07, 6.45) is 16.9. The first-order valence-corrected chi connectivity index (χ1v) is 16.5. The highest BCUT2D eigenvalue weighted by atomic mass is 32.2. The maximum absolute atomic E-state index is 13.0. The zero-order valence-electron chi connectivity index (χ0n) is 24.4. The smallest absolute Gasteiger partial charge is 0.255 e. The number of hydrogen-bond donors (Lipinski definition) is 3. The van der Waals surface area contributed by atoms with Gasteiger partial charge in [0.1, 0.15) is 17.6 Å².